The minimum absolute atomic E-state index is 0.00291. The molecule has 3 aromatic rings. The molecule has 1 amide bonds. The molecule has 0 aliphatic carbocycles. The number of amides is 1. The summed E-state index contributed by atoms with van der Waals surface area (Å²) in [7, 11) is 1.58. The van der Waals surface area contributed by atoms with Crippen LogP contribution >= 0.6 is 0 Å². The summed E-state index contributed by atoms with van der Waals surface area (Å²) in [6.45, 7) is 6.80. The minimum atomic E-state index is -0.788. The first-order valence-electron chi connectivity index (χ1n) is 13.7. The number of hydrogen-bond donors (Lipinski definition) is 1. The van der Waals surface area contributed by atoms with E-state index in [-0.39, 0.29) is 24.0 Å². The number of aliphatic hydroxyl groups excluding tert-OH is 1. The summed E-state index contributed by atoms with van der Waals surface area (Å²) in [5.74, 6) is 0.386. The van der Waals surface area contributed by atoms with Gasteiger partial charge in [-0.15, -0.1) is 0 Å². The Balaban J connectivity index is 1.71. The Kier molecular flexibility index (Phi) is 9.48. The summed E-state index contributed by atoms with van der Waals surface area (Å²) < 4.78 is 16.9. The molecule has 0 saturated carbocycles. The lowest BCUT2D eigenvalue weighted by molar-refractivity contribution is -0.140. The minimum Gasteiger partial charge on any atom is -0.507 e. The van der Waals surface area contributed by atoms with Crippen molar-refractivity contribution < 1.29 is 28.9 Å². The van der Waals surface area contributed by atoms with Gasteiger partial charge in [-0.3, -0.25) is 9.59 Å². The van der Waals surface area contributed by atoms with Crippen molar-refractivity contribution in [3.05, 3.63) is 95.1 Å². The van der Waals surface area contributed by atoms with E-state index in [1.807, 2.05) is 62.4 Å². The second kappa shape index (κ2) is 13.2. The quantitative estimate of drug-likeness (QED) is 0.119. The Hall–Kier alpha value is -4.26. The molecule has 1 unspecified atom stereocenters. The first-order chi connectivity index (χ1) is 19.3. The zero-order valence-electron chi connectivity index (χ0n) is 23.6. The number of hydrogen-bond acceptors (Lipinski definition) is 6. The number of likely N-dealkylation sites (tertiary alicyclic amines) is 1. The fraction of sp³-hybridized carbons (Fsp3) is 0.333. The van der Waals surface area contributed by atoms with Crippen LogP contribution in [0.25, 0.3) is 5.76 Å². The average Bonchev–Trinajstić information content (AvgIpc) is 3.20. The summed E-state index contributed by atoms with van der Waals surface area (Å²) in [4.78, 5) is 28.3. The Labute approximate surface area is 236 Å². The zero-order chi connectivity index (χ0) is 28.6. The van der Waals surface area contributed by atoms with Gasteiger partial charge in [-0.2, -0.15) is 0 Å². The number of unbranched alkanes of at least 4 members (excludes halogenated alkanes) is 2. The van der Waals surface area contributed by atoms with Gasteiger partial charge in [0.2, 0.25) is 0 Å². The molecule has 1 aliphatic rings. The van der Waals surface area contributed by atoms with Gasteiger partial charge in [0.25, 0.3) is 11.7 Å². The van der Waals surface area contributed by atoms with Gasteiger partial charge >= 0.3 is 0 Å². The third-order valence-electron chi connectivity index (χ3n) is 6.74. The number of Topliss-reactive ketones (excluding diaryl/α,β-unsaturated/α-hetero) is 1. The van der Waals surface area contributed by atoms with E-state index < -0.39 is 17.7 Å². The lowest BCUT2D eigenvalue weighted by Crippen LogP contribution is -2.29. The summed E-state index contributed by atoms with van der Waals surface area (Å²) in [5, 5.41) is 11.4. The predicted octanol–water partition coefficient (Wildman–Crippen LogP) is 6.67. The van der Waals surface area contributed by atoms with Crippen LogP contribution in [0, 0.1) is 0 Å². The maximum absolute atomic E-state index is 13.4. The number of benzene rings is 3. The van der Waals surface area contributed by atoms with Crippen LogP contribution in [0.1, 0.15) is 62.8 Å². The largest absolute Gasteiger partial charge is 0.507 e. The average molecular weight is 544 g/mol. The number of ketones is 1. The Bertz CT molecular complexity index is 1340. The molecule has 1 heterocycles. The lowest BCUT2D eigenvalue weighted by atomic mass is 9.95. The third-order valence-corrected chi connectivity index (χ3v) is 6.74. The lowest BCUT2D eigenvalue weighted by Gasteiger charge is -2.26. The highest BCUT2D eigenvalue weighted by molar-refractivity contribution is 6.46. The standard InChI is InChI=1S/C33H37NO6/c1-5-6-7-19-39-26-15-13-25(14-16-26)31(35)29-30(24-11-17-27(18-12-24)40-22(2)3)34(33(37)32(29)36)21-23-9-8-10-28(20-23)38-4/h8-18,20,22,30,35H,5-7,19,21H2,1-4H3/b31-29-. The molecule has 7 heteroatoms. The molecule has 1 saturated heterocycles. The van der Waals surface area contributed by atoms with Crippen LogP contribution in [0.15, 0.2) is 78.4 Å². The monoisotopic (exact) mass is 543 g/mol. The molecule has 1 N–H and O–H groups in total. The molecular formula is C33H37NO6. The highest BCUT2D eigenvalue weighted by Gasteiger charge is 2.46. The van der Waals surface area contributed by atoms with Crippen molar-refractivity contribution in [2.75, 3.05) is 13.7 Å². The number of carbonyl (C=O) groups excluding carboxylic acids is 2. The molecule has 1 fully saturated rings. The summed E-state index contributed by atoms with van der Waals surface area (Å²) >= 11 is 0. The van der Waals surface area contributed by atoms with Crippen molar-refractivity contribution in [3.63, 3.8) is 0 Å². The van der Waals surface area contributed by atoms with Gasteiger partial charge in [0.05, 0.1) is 31.4 Å². The van der Waals surface area contributed by atoms with Crippen molar-refractivity contribution in [2.45, 2.75) is 58.7 Å². The van der Waals surface area contributed by atoms with E-state index in [0.717, 1.165) is 24.8 Å². The molecule has 0 aromatic heterocycles. The van der Waals surface area contributed by atoms with E-state index in [1.165, 1.54) is 4.90 Å². The Morgan fingerprint density at radius 3 is 2.27 bits per heavy atom. The number of nitrogens with zero attached hydrogens (tertiary/aromatic N) is 1. The normalized spacial score (nSPS) is 16.4. The van der Waals surface area contributed by atoms with Crippen LogP contribution in [0.5, 0.6) is 17.2 Å². The van der Waals surface area contributed by atoms with Gasteiger partial charge in [0.15, 0.2) is 0 Å². The number of ether oxygens (including phenoxy) is 3. The van der Waals surface area contributed by atoms with Crippen LogP contribution in [0.2, 0.25) is 0 Å². The summed E-state index contributed by atoms with van der Waals surface area (Å²) in [5.41, 5.74) is 1.97. The molecule has 4 rings (SSSR count). The van der Waals surface area contributed by atoms with Gasteiger partial charge in [-0.25, -0.2) is 0 Å². The SMILES string of the molecule is CCCCCOc1ccc(/C(O)=C2/C(=O)C(=O)N(Cc3cccc(OC)c3)C2c2ccc(OC(C)C)cc2)cc1. The van der Waals surface area contributed by atoms with E-state index >= 15 is 0 Å². The van der Waals surface area contributed by atoms with Crippen LogP contribution in [0.4, 0.5) is 0 Å². The second-order valence-corrected chi connectivity index (χ2v) is 10.1. The number of carbonyl (C=O) groups is 2. The maximum atomic E-state index is 13.4. The highest BCUT2D eigenvalue weighted by Crippen LogP contribution is 2.41. The first kappa shape index (κ1) is 28.7. The fourth-order valence-electron chi connectivity index (χ4n) is 4.76. The van der Waals surface area contributed by atoms with E-state index in [4.69, 9.17) is 14.2 Å². The summed E-state index contributed by atoms with van der Waals surface area (Å²) in [6, 6.07) is 20.8. The molecule has 40 heavy (non-hydrogen) atoms. The first-order valence-corrected chi connectivity index (χ1v) is 13.7. The van der Waals surface area contributed by atoms with E-state index in [9.17, 15) is 14.7 Å². The smallest absolute Gasteiger partial charge is 0.295 e. The molecule has 1 aliphatic heterocycles. The van der Waals surface area contributed by atoms with Crippen molar-refractivity contribution in [3.8, 4) is 17.2 Å². The van der Waals surface area contributed by atoms with E-state index in [1.54, 1.807) is 31.4 Å². The number of rotatable bonds is 12. The molecule has 0 radical (unpaired) electrons. The van der Waals surface area contributed by atoms with Crippen LogP contribution < -0.4 is 14.2 Å². The third kappa shape index (κ3) is 6.65. The van der Waals surface area contributed by atoms with Gasteiger partial charge < -0.3 is 24.2 Å². The topological polar surface area (TPSA) is 85.3 Å². The molecule has 7 nitrogen and oxygen atoms in total. The predicted molar refractivity (Wildman–Crippen MR) is 155 cm³/mol. The second-order valence-electron chi connectivity index (χ2n) is 10.1. The van der Waals surface area contributed by atoms with E-state index in [0.29, 0.717) is 35.0 Å². The molecule has 210 valence electrons. The van der Waals surface area contributed by atoms with Crippen molar-refractivity contribution in [1.82, 2.24) is 4.90 Å². The van der Waals surface area contributed by atoms with Crippen molar-refractivity contribution in [2.24, 2.45) is 0 Å². The van der Waals surface area contributed by atoms with Crippen LogP contribution in [0.3, 0.4) is 0 Å². The van der Waals surface area contributed by atoms with Gasteiger partial charge in [0, 0.05) is 12.1 Å². The van der Waals surface area contributed by atoms with Gasteiger partial charge in [-0.1, -0.05) is 44.0 Å². The molecule has 3 aromatic carbocycles. The fourth-order valence-corrected chi connectivity index (χ4v) is 4.76. The van der Waals surface area contributed by atoms with Crippen molar-refractivity contribution >= 4 is 17.4 Å². The molecule has 0 bridgehead atoms. The molecule has 0 spiro atoms. The number of aliphatic hydroxyl groups is 1. The zero-order valence-corrected chi connectivity index (χ0v) is 23.6. The van der Waals surface area contributed by atoms with Gasteiger partial charge in [-0.05, 0) is 79.9 Å². The van der Waals surface area contributed by atoms with E-state index in [2.05, 4.69) is 6.92 Å². The Morgan fingerprint density at radius 2 is 1.62 bits per heavy atom. The van der Waals surface area contributed by atoms with Crippen LogP contribution in [-0.2, 0) is 16.1 Å². The van der Waals surface area contributed by atoms with Crippen molar-refractivity contribution in [1.29, 1.82) is 0 Å². The van der Waals surface area contributed by atoms with Crippen LogP contribution in [-0.4, -0.2) is 41.5 Å². The summed E-state index contributed by atoms with van der Waals surface area (Å²) in [6.07, 6.45) is 3.18. The molecule has 1 atom stereocenters. The Morgan fingerprint density at radius 1 is 0.925 bits per heavy atom. The van der Waals surface area contributed by atoms with Gasteiger partial charge in [0.1, 0.15) is 23.0 Å². The molecular weight excluding hydrogens is 506 g/mol. The highest BCUT2D eigenvalue weighted by atomic mass is 16.5. The number of methoxy groups -OCH3 is 1. The maximum Gasteiger partial charge on any atom is 0.295 e.